The van der Waals surface area contributed by atoms with E-state index in [2.05, 4.69) is 0 Å². The molecule has 0 aliphatic heterocycles. The van der Waals surface area contributed by atoms with Gasteiger partial charge in [-0.05, 0) is 23.8 Å². The Morgan fingerprint density at radius 3 is 2.56 bits per heavy atom. The first kappa shape index (κ1) is 10.3. The van der Waals surface area contributed by atoms with E-state index in [1.165, 1.54) is 6.26 Å². The fraction of sp³-hybridized carbons (Fsp3) is 0.0833. The summed E-state index contributed by atoms with van der Waals surface area (Å²) in [5.74, 6) is -1.45. The molecule has 0 aliphatic carbocycles. The van der Waals surface area contributed by atoms with E-state index in [-0.39, 0.29) is 0 Å². The van der Waals surface area contributed by atoms with E-state index in [0.717, 1.165) is 0 Å². The molecule has 0 aliphatic rings. The van der Waals surface area contributed by atoms with Crippen LogP contribution in [0.25, 0.3) is 0 Å². The molecule has 1 aromatic carbocycles. The molecule has 16 heavy (non-hydrogen) atoms. The first-order valence-corrected chi connectivity index (χ1v) is 4.80. The molecule has 2 rings (SSSR count). The number of aliphatic carboxylic acids is 1. The summed E-state index contributed by atoms with van der Waals surface area (Å²) in [6, 6.07) is 10.2. The smallest absolute Gasteiger partial charge is 0.318 e. The Morgan fingerprint density at radius 1 is 1.25 bits per heavy atom. The Hall–Kier alpha value is -2.23. The van der Waals surface area contributed by atoms with Gasteiger partial charge in [0.15, 0.2) is 0 Å². The van der Waals surface area contributed by atoms with Crippen LogP contribution in [0, 0.1) is 0 Å². The summed E-state index contributed by atoms with van der Waals surface area (Å²) in [5.41, 5.74) is 6.76. The van der Waals surface area contributed by atoms with Crippen LogP contribution in [0.2, 0.25) is 0 Å². The summed E-state index contributed by atoms with van der Waals surface area (Å²) < 4.78 is 5.13. The van der Waals surface area contributed by atoms with Gasteiger partial charge in [-0.15, -0.1) is 0 Å². The van der Waals surface area contributed by atoms with Gasteiger partial charge >= 0.3 is 5.97 Å². The number of furan rings is 1. The zero-order valence-electron chi connectivity index (χ0n) is 8.46. The molecule has 0 amide bonds. The summed E-state index contributed by atoms with van der Waals surface area (Å²) >= 11 is 0. The van der Waals surface area contributed by atoms with Gasteiger partial charge in [0.2, 0.25) is 0 Å². The number of hydrogen-bond acceptors (Lipinski definition) is 3. The molecule has 2 aromatic rings. The van der Waals surface area contributed by atoms with Crippen LogP contribution in [0.3, 0.4) is 0 Å². The van der Waals surface area contributed by atoms with Crippen LogP contribution in [0.15, 0.2) is 47.1 Å². The number of carboxylic acids is 1. The average molecular weight is 217 g/mol. The Labute approximate surface area is 92.3 Å². The third-order valence-electron chi connectivity index (χ3n) is 2.38. The molecule has 1 atom stereocenters. The standard InChI is InChI=1S/C12H11NO3/c13-9-5-2-1-4-8(9)11(12(14)15)10-6-3-7-16-10/h1-7,11H,13H2,(H,14,15). The van der Waals surface area contributed by atoms with Crippen molar-refractivity contribution in [2.75, 3.05) is 5.73 Å². The summed E-state index contributed by atoms with van der Waals surface area (Å²) in [6.45, 7) is 0. The molecule has 1 unspecified atom stereocenters. The highest BCUT2D eigenvalue weighted by molar-refractivity contribution is 5.81. The fourth-order valence-electron chi connectivity index (χ4n) is 1.64. The molecule has 3 N–H and O–H groups in total. The Balaban J connectivity index is 2.50. The lowest BCUT2D eigenvalue weighted by atomic mass is 9.95. The lowest BCUT2D eigenvalue weighted by molar-refractivity contribution is -0.138. The van der Waals surface area contributed by atoms with Crippen molar-refractivity contribution in [3.05, 3.63) is 54.0 Å². The van der Waals surface area contributed by atoms with Crippen LogP contribution in [0.1, 0.15) is 17.2 Å². The van der Waals surface area contributed by atoms with Crippen molar-refractivity contribution >= 4 is 11.7 Å². The lowest BCUT2D eigenvalue weighted by Gasteiger charge is -2.12. The molecule has 0 spiro atoms. The quantitative estimate of drug-likeness (QED) is 0.771. The normalized spacial score (nSPS) is 12.2. The van der Waals surface area contributed by atoms with E-state index in [0.29, 0.717) is 17.0 Å². The molecule has 4 heteroatoms. The van der Waals surface area contributed by atoms with E-state index < -0.39 is 11.9 Å². The van der Waals surface area contributed by atoms with Crippen LogP contribution in [-0.2, 0) is 4.79 Å². The zero-order chi connectivity index (χ0) is 11.5. The third-order valence-corrected chi connectivity index (χ3v) is 2.38. The highest BCUT2D eigenvalue weighted by Gasteiger charge is 2.26. The number of rotatable bonds is 3. The van der Waals surface area contributed by atoms with Gasteiger partial charge in [0.1, 0.15) is 11.7 Å². The summed E-state index contributed by atoms with van der Waals surface area (Å²) in [4.78, 5) is 11.2. The van der Waals surface area contributed by atoms with E-state index in [9.17, 15) is 9.90 Å². The lowest BCUT2D eigenvalue weighted by Crippen LogP contribution is -2.14. The SMILES string of the molecule is Nc1ccccc1C(C(=O)O)c1ccco1. The molecule has 0 saturated carbocycles. The molecular weight excluding hydrogens is 206 g/mol. The molecule has 0 saturated heterocycles. The predicted molar refractivity (Wildman–Crippen MR) is 59.0 cm³/mol. The number of nitrogen functional groups attached to an aromatic ring is 1. The largest absolute Gasteiger partial charge is 0.480 e. The van der Waals surface area contributed by atoms with Crippen LogP contribution in [-0.4, -0.2) is 11.1 Å². The molecule has 82 valence electrons. The first-order valence-electron chi connectivity index (χ1n) is 4.80. The summed E-state index contributed by atoms with van der Waals surface area (Å²) in [5, 5.41) is 9.21. The van der Waals surface area contributed by atoms with Crippen molar-refractivity contribution in [3.8, 4) is 0 Å². The van der Waals surface area contributed by atoms with Gasteiger partial charge in [-0.25, -0.2) is 0 Å². The number of anilines is 1. The van der Waals surface area contributed by atoms with Gasteiger partial charge in [-0.3, -0.25) is 4.79 Å². The Kier molecular flexibility index (Phi) is 2.64. The van der Waals surface area contributed by atoms with Gasteiger partial charge in [-0.2, -0.15) is 0 Å². The summed E-state index contributed by atoms with van der Waals surface area (Å²) in [6.07, 6.45) is 1.45. The number of carbonyl (C=O) groups is 1. The number of hydrogen-bond donors (Lipinski definition) is 2. The number of nitrogens with two attached hydrogens (primary N) is 1. The van der Waals surface area contributed by atoms with E-state index in [4.69, 9.17) is 10.2 Å². The van der Waals surface area contributed by atoms with Gasteiger partial charge in [0.05, 0.1) is 6.26 Å². The van der Waals surface area contributed by atoms with Crippen LogP contribution in [0.5, 0.6) is 0 Å². The van der Waals surface area contributed by atoms with Crippen molar-refractivity contribution in [3.63, 3.8) is 0 Å². The molecular formula is C12H11NO3. The van der Waals surface area contributed by atoms with Gasteiger partial charge in [0, 0.05) is 5.69 Å². The Morgan fingerprint density at radius 2 is 2.00 bits per heavy atom. The van der Waals surface area contributed by atoms with E-state index >= 15 is 0 Å². The second-order valence-corrected chi connectivity index (χ2v) is 3.42. The second kappa shape index (κ2) is 4.10. The minimum Gasteiger partial charge on any atom is -0.480 e. The van der Waals surface area contributed by atoms with E-state index in [1.807, 2.05) is 0 Å². The van der Waals surface area contributed by atoms with Crippen LogP contribution >= 0.6 is 0 Å². The molecule has 0 fully saturated rings. The predicted octanol–water partition coefficient (Wildman–Crippen LogP) is 2.08. The average Bonchev–Trinajstić information content (AvgIpc) is 2.74. The Bertz CT molecular complexity index is 491. The third kappa shape index (κ3) is 1.77. The molecule has 0 radical (unpaired) electrons. The zero-order valence-corrected chi connectivity index (χ0v) is 8.46. The van der Waals surface area contributed by atoms with Gasteiger partial charge in [0.25, 0.3) is 0 Å². The van der Waals surface area contributed by atoms with Crippen molar-refractivity contribution in [2.24, 2.45) is 0 Å². The fourth-order valence-corrected chi connectivity index (χ4v) is 1.64. The second-order valence-electron chi connectivity index (χ2n) is 3.42. The molecule has 0 bridgehead atoms. The van der Waals surface area contributed by atoms with Crippen molar-refractivity contribution in [1.29, 1.82) is 0 Å². The number of carboxylic acid groups (broad SMARTS) is 1. The van der Waals surface area contributed by atoms with Crippen molar-refractivity contribution in [1.82, 2.24) is 0 Å². The number of para-hydroxylation sites is 1. The van der Waals surface area contributed by atoms with Gasteiger partial charge < -0.3 is 15.3 Å². The highest BCUT2D eigenvalue weighted by Crippen LogP contribution is 2.29. The molecule has 4 nitrogen and oxygen atoms in total. The van der Waals surface area contributed by atoms with Crippen molar-refractivity contribution < 1.29 is 14.3 Å². The van der Waals surface area contributed by atoms with Crippen molar-refractivity contribution in [2.45, 2.75) is 5.92 Å². The minimum atomic E-state index is -0.979. The van der Waals surface area contributed by atoms with E-state index in [1.54, 1.807) is 36.4 Å². The first-order chi connectivity index (χ1) is 7.70. The number of benzene rings is 1. The molecule has 1 aromatic heterocycles. The van der Waals surface area contributed by atoms with Crippen LogP contribution in [0.4, 0.5) is 5.69 Å². The maximum absolute atomic E-state index is 11.2. The monoisotopic (exact) mass is 217 g/mol. The maximum Gasteiger partial charge on any atom is 0.318 e. The van der Waals surface area contributed by atoms with Crippen LogP contribution < -0.4 is 5.73 Å². The molecule has 1 heterocycles. The topological polar surface area (TPSA) is 76.5 Å². The summed E-state index contributed by atoms with van der Waals surface area (Å²) in [7, 11) is 0. The minimum absolute atomic E-state index is 0.380. The van der Waals surface area contributed by atoms with Gasteiger partial charge in [-0.1, -0.05) is 18.2 Å². The maximum atomic E-state index is 11.2. The highest BCUT2D eigenvalue weighted by atomic mass is 16.4.